The smallest absolute Gasteiger partial charge is 0.129 e. The van der Waals surface area contributed by atoms with Crippen molar-refractivity contribution in [3.63, 3.8) is 0 Å². The van der Waals surface area contributed by atoms with Gasteiger partial charge >= 0.3 is 0 Å². The molecule has 0 amide bonds. The van der Waals surface area contributed by atoms with Gasteiger partial charge in [-0.15, -0.1) is 12.4 Å². The van der Waals surface area contributed by atoms with E-state index in [0.29, 0.717) is 35.6 Å². The standard InChI is InChI=1S/C14H20ClFN2.ClH/c1-10-5-6-18(11(7-10)8-17)9-12-13(15)3-2-4-14(12)16;/h2-4,10-11H,5-9,17H2,1H3;1H. The summed E-state index contributed by atoms with van der Waals surface area (Å²) in [5.41, 5.74) is 6.41. The summed E-state index contributed by atoms with van der Waals surface area (Å²) >= 11 is 6.07. The van der Waals surface area contributed by atoms with Crippen molar-refractivity contribution in [1.29, 1.82) is 0 Å². The zero-order chi connectivity index (χ0) is 13.1. The molecule has 2 rings (SSSR count). The fourth-order valence-electron chi connectivity index (χ4n) is 2.64. The largest absolute Gasteiger partial charge is 0.329 e. The van der Waals surface area contributed by atoms with Crippen LogP contribution in [0.1, 0.15) is 25.3 Å². The Bertz CT molecular complexity index is 394. The number of hydrogen-bond donors (Lipinski definition) is 1. The predicted molar refractivity (Wildman–Crippen MR) is 80.3 cm³/mol. The molecule has 0 radical (unpaired) electrons. The van der Waals surface area contributed by atoms with Crippen molar-refractivity contribution in [2.24, 2.45) is 11.7 Å². The van der Waals surface area contributed by atoms with Crippen LogP contribution in [-0.2, 0) is 6.54 Å². The van der Waals surface area contributed by atoms with Crippen LogP contribution >= 0.6 is 24.0 Å². The summed E-state index contributed by atoms with van der Waals surface area (Å²) in [7, 11) is 0. The van der Waals surface area contributed by atoms with Gasteiger partial charge in [-0.25, -0.2) is 4.39 Å². The highest BCUT2D eigenvalue weighted by Crippen LogP contribution is 2.27. The van der Waals surface area contributed by atoms with Gasteiger partial charge < -0.3 is 5.73 Å². The van der Waals surface area contributed by atoms with Crippen molar-refractivity contribution in [3.8, 4) is 0 Å². The Labute approximate surface area is 125 Å². The monoisotopic (exact) mass is 306 g/mol. The van der Waals surface area contributed by atoms with Crippen molar-refractivity contribution in [2.45, 2.75) is 32.4 Å². The maximum Gasteiger partial charge on any atom is 0.129 e. The Hall–Kier alpha value is -0.350. The van der Waals surface area contributed by atoms with Crippen LogP contribution in [0.3, 0.4) is 0 Å². The molecule has 1 saturated heterocycles. The van der Waals surface area contributed by atoms with Gasteiger partial charge in [0.25, 0.3) is 0 Å². The van der Waals surface area contributed by atoms with E-state index >= 15 is 0 Å². The van der Waals surface area contributed by atoms with Gasteiger partial charge in [0.15, 0.2) is 0 Å². The molecule has 0 aromatic heterocycles. The second-order valence-corrected chi connectivity index (χ2v) is 5.60. The van der Waals surface area contributed by atoms with Crippen LogP contribution in [0.15, 0.2) is 18.2 Å². The quantitative estimate of drug-likeness (QED) is 0.926. The molecular weight excluding hydrogens is 286 g/mol. The predicted octanol–water partition coefficient (Wildman–Crippen LogP) is 3.46. The van der Waals surface area contributed by atoms with Gasteiger partial charge in [-0.3, -0.25) is 4.90 Å². The van der Waals surface area contributed by atoms with E-state index in [2.05, 4.69) is 11.8 Å². The van der Waals surface area contributed by atoms with Gasteiger partial charge in [-0.2, -0.15) is 0 Å². The molecule has 0 spiro atoms. The lowest BCUT2D eigenvalue weighted by Gasteiger charge is -2.38. The minimum atomic E-state index is -0.225. The lowest BCUT2D eigenvalue weighted by atomic mass is 9.92. The lowest BCUT2D eigenvalue weighted by Crippen LogP contribution is -2.45. The van der Waals surface area contributed by atoms with Crippen molar-refractivity contribution in [2.75, 3.05) is 13.1 Å². The highest BCUT2D eigenvalue weighted by molar-refractivity contribution is 6.31. The van der Waals surface area contributed by atoms with Crippen LogP contribution in [0.2, 0.25) is 5.02 Å². The first kappa shape index (κ1) is 16.7. The first-order valence-electron chi connectivity index (χ1n) is 6.48. The Morgan fingerprint density at radius 2 is 2.21 bits per heavy atom. The number of halogens is 3. The highest BCUT2D eigenvalue weighted by atomic mass is 35.5. The second kappa shape index (κ2) is 7.44. The van der Waals surface area contributed by atoms with Crippen LogP contribution in [0, 0.1) is 11.7 Å². The molecule has 19 heavy (non-hydrogen) atoms. The van der Waals surface area contributed by atoms with E-state index in [9.17, 15) is 4.39 Å². The molecule has 1 aromatic carbocycles. The van der Waals surface area contributed by atoms with E-state index in [4.69, 9.17) is 17.3 Å². The molecule has 1 aliphatic rings. The number of benzene rings is 1. The molecule has 108 valence electrons. The fraction of sp³-hybridized carbons (Fsp3) is 0.571. The number of likely N-dealkylation sites (tertiary alicyclic amines) is 1. The SMILES string of the molecule is CC1CCN(Cc2c(F)cccc2Cl)C(CN)C1.Cl. The van der Waals surface area contributed by atoms with Crippen molar-refractivity contribution in [3.05, 3.63) is 34.6 Å². The van der Waals surface area contributed by atoms with E-state index in [1.165, 1.54) is 6.07 Å². The summed E-state index contributed by atoms with van der Waals surface area (Å²) in [4.78, 5) is 2.25. The van der Waals surface area contributed by atoms with Gasteiger partial charge in [0, 0.05) is 29.7 Å². The Balaban J connectivity index is 0.00000180. The molecule has 1 aromatic rings. The summed E-state index contributed by atoms with van der Waals surface area (Å²) in [6.07, 6.45) is 2.23. The van der Waals surface area contributed by atoms with Crippen molar-refractivity contribution < 1.29 is 4.39 Å². The molecule has 0 saturated carbocycles. The number of rotatable bonds is 3. The first-order valence-corrected chi connectivity index (χ1v) is 6.86. The van der Waals surface area contributed by atoms with Crippen LogP contribution in [0.5, 0.6) is 0 Å². The summed E-state index contributed by atoms with van der Waals surface area (Å²) in [5.74, 6) is 0.475. The van der Waals surface area contributed by atoms with Crippen LogP contribution < -0.4 is 5.73 Å². The van der Waals surface area contributed by atoms with Gasteiger partial charge in [-0.05, 0) is 37.4 Å². The Kier molecular flexibility index (Phi) is 6.54. The molecule has 0 aliphatic carbocycles. The third-order valence-electron chi connectivity index (χ3n) is 3.79. The first-order chi connectivity index (χ1) is 8.61. The molecule has 1 fully saturated rings. The average Bonchev–Trinajstić information content (AvgIpc) is 2.35. The molecule has 1 aliphatic heterocycles. The Morgan fingerprint density at radius 3 is 2.84 bits per heavy atom. The third-order valence-corrected chi connectivity index (χ3v) is 4.15. The molecular formula is C14H21Cl2FN2. The van der Waals surface area contributed by atoms with Gasteiger partial charge in [0.05, 0.1) is 0 Å². The molecule has 1 heterocycles. The number of nitrogens with two attached hydrogens (primary N) is 1. The van der Waals surface area contributed by atoms with E-state index in [1.54, 1.807) is 12.1 Å². The average molecular weight is 307 g/mol. The van der Waals surface area contributed by atoms with E-state index in [1.807, 2.05) is 0 Å². The van der Waals surface area contributed by atoms with Gasteiger partial charge in [0.2, 0.25) is 0 Å². The van der Waals surface area contributed by atoms with Crippen molar-refractivity contribution in [1.82, 2.24) is 4.90 Å². The zero-order valence-corrected chi connectivity index (χ0v) is 12.7. The number of hydrogen-bond acceptors (Lipinski definition) is 2. The molecule has 5 heteroatoms. The highest BCUT2D eigenvalue weighted by Gasteiger charge is 2.26. The molecule has 2 unspecified atom stereocenters. The van der Waals surface area contributed by atoms with E-state index in [-0.39, 0.29) is 18.2 Å². The molecule has 2 N–H and O–H groups in total. The van der Waals surface area contributed by atoms with Crippen LogP contribution in [-0.4, -0.2) is 24.0 Å². The van der Waals surface area contributed by atoms with Gasteiger partial charge in [0.1, 0.15) is 5.82 Å². The maximum atomic E-state index is 13.8. The summed E-state index contributed by atoms with van der Waals surface area (Å²) in [6.45, 7) is 4.39. The minimum absolute atomic E-state index is 0. The van der Waals surface area contributed by atoms with E-state index < -0.39 is 0 Å². The third kappa shape index (κ3) is 4.06. The normalized spacial score (nSPS) is 24.0. The fourth-order valence-corrected chi connectivity index (χ4v) is 2.86. The number of piperidine rings is 1. The van der Waals surface area contributed by atoms with Crippen LogP contribution in [0.25, 0.3) is 0 Å². The summed E-state index contributed by atoms with van der Waals surface area (Å²) in [5, 5.41) is 0.504. The molecule has 2 atom stereocenters. The second-order valence-electron chi connectivity index (χ2n) is 5.19. The molecule has 0 bridgehead atoms. The maximum absolute atomic E-state index is 13.8. The summed E-state index contributed by atoms with van der Waals surface area (Å²) in [6, 6.07) is 5.18. The lowest BCUT2D eigenvalue weighted by molar-refractivity contribution is 0.114. The Morgan fingerprint density at radius 1 is 1.47 bits per heavy atom. The number of nitrogens with zero attached hydrogens (tertiary/aromatic N) is 1. The topological polar surface area (TPSA) is 29.3 Å². The van der Waals surface area contributed by atoms with Crippen LogP contribution in [0.4, 0.5) is 4.39 Å². The summed E-state index contributed by atoms with van der Waals surface area (Å²) < 4.78 is 13.8. The zero-order valence-electron chi connectivity index (χ0n) is 11.1. The molecule has 2 nitrogen and oxygen atoms in total. The van der Waals surface area contributed by atoms with E-state index in [0.717, 1.165) is 19.4 Å². The minimum Gasteiger partial charge on any atom is -0.329 e. The van der Waals surface area contributed by atoms with Gasteiger partial charge in [-0.1, -0.05) is 24.6 Å². The van der Waals surface area contributed by atoms with Crippen molar-refractivity contribution >= 4 is 24.0 Å².